The van der Waals surface area contributed by atoms with Gasteiger partial charge >= 0.3 is 18.0 Å². The molecule has 0 unspecified atom stereocenters. The molecule has 2 aliphatic heterocycles. The van der Waals surface area contributed by atoms with Gasteiger partial charge in [0.1, 0.15) is 11.5 Å². The van der Waals surface area contributed by atoms with Gasteiger partial charge in [-0.2, -0.15) is 0 Å². The summed E-state index contributed by atoms with van der Waals surface area (Å²) in [7, 11) is 1.23. The first-order valence-electron chi connectivity index (χ1n) is 12.2. The van der Waals surface area contributed by atoms with Gasteiger partial charge in [0, 0.05) is 37.1 Å². The number of anilines is 2. The molecule has 2 aliphatic rings. The van der Waals surface area contributed by atoms with Gasteiger partial charge in [0.05, 0.1) is 6.42 Å². The fourth-order valence-electron chi connectivity index (χ4n) is 5.13. The zero-order chi connectivity index (χ0) is 28.6. The first-order chi connectivity index (χ1) is 18.4. The van der Waals surface area contributed by atoms with Crippen LogP contribution in [-0.2, 0) is 24.6 Å². The third kappa shape index (κ3) is 4.92. The van der Waals surface area contributed by atoms with Gasteiger partial charge in [0.25, 0.3) is 5.91 Å². The monoisotopic (exact) mass is 541 g/mol. The summed E-state index contributed by atoms with van der Waals surface area (Å²) in [4.78, 5) is 58.3. The van der Waals surface area contributed by atoms with Crippen LogP contribution >= 0.6 is 0 Å². The molecule has 2 aromatic carbocycles. The molecular weight excluding hydrogens is 515 g/mol. The van der Waals surface area contributed by atoms with Gasteiger partial charge in [-0.15, -0.1) is 0 Å². The average Bonchev–Trinajstić information content (AvgIpc) is 3.42. The first-order valence-corrected chi connectivity index (χ1v) is 12.2. The Bertz CT molecular complexity index is 1390. The highest BCUT2D eigenvalue weighted by molar-refractivity contribution is 6.39. The molecule has 3 atom stereocenters. The molecule has 12 heteroatoms. The number of para-hydroxylation sites is 1. The van der Waals surface area contributed by atoms with E-state index in [2.05, 4.69) is 10.2 Å². The van der Waals surface area contributed by atoms with Crippen molar-refractivity contribution < 1.29 is 32.3 Å². The number of halogens is 3. The van der Waals surface area contributed by atoms with E-state index in [-0.39, 0.29) is 31.2 Å². The topological polar surface area (TPSA) is 103 Å². The number of amides is 4. The maximum atomic E-state index is 13.8. The van der Waals surface area contributed by atoms with Gasteiger partial charge in [-0.1, -0.05) is 32.0 Å². The van der Waals surface area contributed by atoms with E-state index in [1.165, 1.54) is 11.9 Å². The van der Waals surface area contributed by atoms with Crippen molar-refractivity contribution in [3.8, 4) is 0 Å². The van der Waals surface area contributed by atoms with Crippen LogP contribution in [0.25, 0.3) is 4.85 Å². The van der Waals surface area contributed by atoms with Crippen molar-refractivity contribution >= 4 is 35.0 Å². The van der Waals surface area contributed by atoms with Crippen LogP contribution < -0.4 is 10.6 Å². The van der Waals surface area contributed by atoms with Crippen LogP contribution in [0.15, 0.2) is 36.4 Å². The number of likely N-dealkylation sites (tertiary alicyclic amines) is 1. The Kier molecular flexibility index (Phi) is 7.37. The van der Waals surface area contributed by atoms with E-state index in [1.54, 1.807) is 38.1 Å². The molecule has 0 aliphatic carbocycles. The highest BCUT2D eigenvalue weighted by Gasteiger charge is 2.59. The predicted octanol–water partition coefficient (Wildman–Crippen LogP) is 3.28. The number of fused-ring (bicyclic) bond motifs is 2. The van der Waals surface area contributed by atoms with Gasteiger partial charge in [0.15, 0.2) is 17.5 Å². The Balaban J connectivity index is 1.58. The number of carbonyl (C=O) groups excluding carboxylic acids is 4. The molecular formula is C27H26F3N5O4. The summed E-state index contributed by atoms with van der Waals surface area (Å²) < 4.78 is 40.4. The quantitative estimate of drug-likeness (QED) is 0.345. The van der Waals surface area contributed by atoms with Crippen LogP contribution in [0.5, 0.6) is 0 Å². The van der Waals surface area contributed by atoms with Crippen molar-refractivity contribution in [2.75, 3.05) is 24.2 Å². The normalized spacial score (nSPS) is 20.4. The summed E-state index contributed by atoms with van der Waals surface area (Å²) in [5.74, 6) is -8.36. The van der Waals surface area contributed by atoms with E-state index in [0.717, 1.165) is 4.90 Å². The summed E-state index contributed by atoms with van der Waals surface area (Å²) in [6, 6.07) is 6.91. The maximum Gasteiger partial charge on any atom is 0.313 e. The second kappa shape index (κ2) is 10.4. The van der Waals surface area contributed by atoms with E-state index in [0.29, 0.717) is 23.4 Å². The smallest absolute Gasteiger partial charge is 0.313 e. The minimum absolute atomic E-state index is 0.0688. The largest absolute Gasteiger partial charge is 0.325 e. The predicted molar refractivity (Wildman–Crippen MR) is 134 cm³/mol. The van der Waals surface area contributed by atoms with Gasteiger partial charge in [-0.3, -0.25) is 28.9 Å². The molecule has 4 rings (SSSR count). The second-order valence-corrected chi connectivity index (χ2v) is 10.1. The fourth-order valence-corrected chi connectivity index (χ4v) is 5.13. The summed E-state index contributed by atoms with van der Waals surface area (Å²) in [6.07, 6.45) is -0.781. The molecule has 0 bridgehead atoms. The van der Waals surface area contributed by atoms with Crippen molar-refractivity contribution in [2.24, 2.45) is 5.92 Å². The van der Waals surface area contributed by atoms with E-state index in [4.69, 9.17) is 6.57 Å². The van der Waals surface area contributed by atoms with Gasteiger partial charge in [-0.05, 0) is 24.0 Å². The van der Waals surface area contributed by atoms with Gasteiger partial charge in [0.2, 0.25) is 5.91 Å². The summed E-state index contributed by atoms with van der Waals surface area (Å²) in [5.41, 5.74) is -0.315. The fraction of sp³-hybridized carbons (Fsp3) is 0.370. The zero-order valence-corrected chi connectivity index (χ0v) is 21.4. The lowest BCUT2D eigenvalue weighted by molar-refractivity contribution is -0.149. The number of likely N-dealkylation sites (N-methyl/N-ethyl adjacent to an activating group) is 1. The first kappa shape index (κ1) is 27.6. The van der Waals surface area contributed by atoms with Crippen molar-refractivity contribution in [3.05, 3.63) is 70.8 Å². The SMILES string of the molecule is [C-]#[N+][C@@H]1C[C@@]2(CN1C(=O)[C@H](CC(C)C)N(C)C(=O)C(=O)Nc1cc(F)c(F)c(F)c1)C(=O)Nc1ccccc12. The number of benzene rings is 2. The van der Waals surface area contributed by atoms with E-state index < -0.39 is 58.5 Å². The van der Waals surface area contributed by atoms with Crippen LogP contribution in [0.4, 0.5) is 24.5 Å². The van der Waals surface area contributed by atoms with Crippen molar-refractivity contribution in [3.63, 3.8) is 0 Å². The number of rotatable bonds is 5. The molecule has 2 N–H and O–H groups in total. The lowest BCUT2D eigenvalue weighted by Crippen LogP contribution is -2.53. The van der Waals surface area contributed by atoms with Crippen LogP contribution in [-0.4, -0.2) is 59.2 Å². The van der Waals surface area contributed by atoms with Crippen LogP contribution in [0.2, 0.25) is 0 Å². The van der Waals surface area contributed by atoms with Crippen LogP contribution in [0.1, 0.15) is 32.3 Å². The Hall–Kier alpha value is -4.40. The Labute approximate surface area is 222 Å². The van der Waals surface area contributed by atoms with E-state index in [1.807, 2.05) is 5.32 Å². The number of nitrogens with one attached hydrogen (secondary N) is 2. The Morgan fingerprint density at radius 2 is 1.85 bits per heavy atom. The molecule has 1 fully saturated rings. The lowest BCUT2D eigenvalue weighted by atomic mass is 9.80. The standard InChI is InChI=1S/C27H26F3N5O4/c1-14(2)9-20(34(4)25(38)23(36)32-15-10-17(28)22(30)18(29)11-15)24(37)35-13-27(12-21(35)31-3)16-7-5-6-8-19(16)33-26(27)39/h5-8,10-11,14,20-21H,9,12-13H2,1-2,4H3,(H,32,36)(H,33,39)/t20-,21-,27-/m0/s1. The van der Waals surface area contributed by atoms with Crippen molar-refractivity contribution in [2.45, 2.75) is 44.3 Å². The molecule has 0 saturated carbocycles. The Morgan fingerprint density at radius 3 is 2.46 bits per heavy atom. The number of nitrogens with zero attached hydrogens (tertiary/aromatic N) is 3. The highest BCUT2D eigenvalue weighted by atomic mass is 19.2. The molecule has 2 heterocycles. The molecule has 1 saturated heterocycles. The molecule has 39 heavy (non-hydrogen) atoms. The molecule has 0 radical (unpaired) electrons. The highest BCUT2D eigenvalue weighted by Crippen LogP contribution is 2.47. The van der Waals surface area contributed by atoms with Gasteiger partial charge < -0.3 is 15.5 Å². The molecule has 4 amide bonds. The van der Waals surface area contributed by atoms with Crippen molar-refractivity contribution in [1.82, 2.24) is 9.80 Å². The van der Waals surface area contributed by atoms with Crippen LogP contribution in [0.3, 0.4) is 0 Å². The van der Waals surface area contributed by atoms with E-state index >= 15 is 0 Å². The average molecular weight is 542 g/mol. The third-order valence-electron chi connectivity index (χ3n) is 7.09. The third-order valence-corrected chi connectivity index (χ3v) is 7.09. The van der Waals surface area contributed by atoms with Crippen LogP contribution in [0, 0.1) is 29.9 Å². The lowest BCUT2D eigenvalue weighted by Gasteiger charge is -2.31. The Morgan fingerprint density at radius 1 is 1.21 bits per heavy atom. The minimum Gasteiger partial charge on any atom is -0.325 e. The zero-order valence-electron chi connectivity index (χ0n) is 21.4. The van der Waals surface area contributed by atoms with Gasteiger partial charge in [-0.25, -0.2) is 19.7 Å². The molecule has 0 aromatic heterocycles. The summed E-state index contributed by atoms with van der Waals surface area (Å²) >= 11 is 0. The molecule has 9 nitrogen and oxygen atoms in total. The molecule has 2 aromatic rings. The molecule has 1 spiro atoms. The molecule has 204 valence electrons. The number of carbonyl (C=O) groups is 4. The summed E-state index contributed by atoms with van der Waals surface area (Å²) in [5, 5.41) is 4.83. The number of hydrogen-bond acceptors (Lipinski definition) is 4. The number of hydrogen-bond donors (Lipinski definition) is 2. The van der Waals surface area contributed by atoms with E-state index in [9.17, 15) is 32.3 Å². The maximum absolute atomic E-state index is 13.8. The summed E-state index contributed by atoms with van der Waals surface area (Å²) in [6.45, 7) is 11.2. The van der Waals surface area contributed by atoms with Crippen molar-refractivity contribution in [1.29, 1.82) is 0 Å². The minimum atomic E-state index is -1.73. The second-order valence-electron chi connectivity index (χ2n) is 10.1.